The van der Waals surface area contributed by atoms with Crippen LogP contribution in [0.3, 0.4) is 0 Å². The highest BCUT2D eigenvalue weighted by Crippen LogP contribution is 2.35. The molecular weight excluding hydrogens is 453 g/mol. The first-order valence-electron chi connectivity index (χ1n) is 10.00. The summed E-state index contributed by atoms with van der Waals surface area (Å²) in [7, 11) is 0. The van der Waals surface area contributed by atoms with Crippen molar-refractivity contribution in [1.82, 2.24) is 9.80 Å². The Morgan fingerprint density at radius 1 is 1.16 bits per heavy atom. The van der Waals surface area contributed by atoms with E-state index in [9.17, 15) is 18.8 Å². The Morgan fingerprint density at radius 2 is 1.94 bits per heavy atom. The van der Waals surface area contributed by atoms with E-state index in [0.717, 1.165) is 22.8 Å². The van der Waals surface area contributed by atoms with Crippen LogP contribution in [-0.2, 0) is 16.1 Å². The Morgan fingerprint density at radius 3 is 2.66 bits per heavy atom. The number of amides is 4. The Kier molecular flexibility index (Phi) is 6.26. The monoisotopic (exact) mass is 473 g/mol. The zero-order valence-electron chi connectivity index (χ0n) is 17.5. The molecule has 0 aromatic heterocycles. The SMILES string of the molecule is Cc1ccc(CN2C(=O)C3SC=CC3N(CC(=O)Nc3ccc(Cl)cc3F)C2=O)cc1C. The van der Waals surface area contributed by atoms with Gasteiger partial charge in [0.1, 0.15) is 17.6 Å². The molecule has 0 aliphatic carbocycles. The van der Waals surface area contributed by atoms with Crippen molar-refractivity contribution in [2.24, 2.45) is 0 Å². The lowest BCUT2D eigenvalue weighted by Crippen LogP contribution is -2.62. The molecule has 1 fully saturated rings. The summed E-state index contributed by atoms with van der Waals surface area (Å²) in [5.41, 5.74) is 2.99. The van der Waals surface area contributed by atoms with E-state index in [2.05, 4.69) is 5.32 Å². The molecule has 2 atom stereocenters. The average molecular weight is 474 g/mol. The first-order valence-corrected chi connectivity index (χ1v) is 11.3. The zero-order chi connectivity index (χ0) is 23.0. The van der Waals surface area contributed by atoms with Crippen LogP contribution in [0.2, 0.25) is 5.02 Å². The third-order valence-corrected chi connectivity index (χ3v) is 6.91. The van der Waals surface area contributed by atoms with E-state index in [-0.39, 0.29) is 29.7 Å². The van der Waals surface area contributed by atoms with Crippen LogP contribution < -0.4 is 5.32 Å². The van der Waals surface area contributed by atoms with E-state index in [1.807, 2.05) is 32.0 Å². The second-order valence-corrected chi connectivity index (χ2v) is 9.29. The number of thioether (sulfide) groups is 1. The van der Waals surface area contributed by atoms with Crippen molar-refractivity contribution in [3.63, 3.8) is 0 Å². The smallest absolute Gasteiger partial charge is 0.322 e. The van der Waals surface area contributed by atoms with Gasteiger partial charge in [-0.25, -0.2) is 9.18 Å². The number of carbonyl (C=O) groups excluding carboxylic acids is 3. The fraction of sp³-hybridized carbons (Fsp3) is 0.261. The summed E-state index contributed by atoms with van der Waals surface area (Å²) < 4.78 is 14.1. The van der Waals surface area contributed by atoms with Gasteiger partial charge in [-0.1, -0.05) is 35.9 Å². The average Bonchev–Trinajstić information content (AvgIpc) is 3.23. The molecule has 0 radical (unpaired) electrons. The van der Waals surface area contributed by atoms with Gasteiger partial charge in [0.25, 0.3) is 0 Å². The van der Waals surface area contributed by atoms with Gasteiger partial charge in [-0.3, -0.25) is 14.5 Å². The van der Waals surface area contributed by atoms with E-state index in [0.29, 0.717) is 0 Å². The van der Waals surface area contributed by atoms with Gasteiger partial charge in [0.2, 0.25) is 11.8 Å². The molecule has 0 bridgehead atoms. The molecule has 32 heavy (non-hydrogen) atoms. The maximum Gasteiger partial charge on any atom is 0.328 e. The van der Waals surface area contributed by atoms with Crippen LogP contribution in [0, 0.1) is 19.7 Å². The van der Waals surface area contributed by atoms with Gasteiger partial charge in [0.05, 0.1) is 18.3 Å². The van der Waals surface area contributed by atoms with E-state index in [1.54, 1.807) is 11.5 Å². The zero-order valence-corrected chi connectivity index (χ0v) is 19.0. The number of nitrogens with one attached hydrogen (secondary N) is 1. The third kappa shape index (κ3) is 4.38. The molecule has 0 saturated carbocycles. The van der Waals surface area contributed by atoms with Crippen molar-refractivity contribution in [2.75, 3.05) is 11.9 Å². The maximum absolute atomic E-state index is 14.1. The van der Waals surface area contributed by atoms with Crippen molar-refractivity contribution in [2.45, 2.75) is 31.7 Å². The summed E-state index contributed by atoms with van der Waals surface area (Å²) in [6, 6.07) is 8.62. The van der Waals surface area contributed by atoms with Crippen molar-refractivity contribution in [3.8, 4) is 0 Å². The second-order valence-electron chi connectivity index (χ2n) is 7.80. The van der Waals surface area contributed by atoms with Crippen molar-refractivity contribution < 1.29 is 18.8 Å². The highest BCUT2D eigenvalue weighted by Gasteiger charge is 2.47. The van der Waals surface area contributed by atoms with E-state index < -0.39 is 29.0 Å². The number of benzene rings is 2. The third-order valence-electron chi connectivity index (χ3n) is 5.59. The molecule has 2 unspecified atom stereocenters. The Labute approximate surface area is 194 Å². The minimum atomic E-state index is -0.670. The van der Waals surface area contributed by atoms with Crippen molar-refractivity contribution in [3.05, 3.63) is 75.4 Å². The summed E-state index contributed by atoms with van der Waals surface area (Å²) in [5.74, 6) is -1.52. The van der Waals surface area contributed by atoms with Gasteiger partial charge in [-0.05, 0) is 54.1 Å². The number of aryl methyl sites for hydroxylation is 2. The number of imide groups is 1. The Balaban J connectivity index is 1.54. The quantitative estimate of drug-likeness (QED) is 0.694. The number of rotatable bonds is 5. The number of fused-ring (bicyclic) bond motifs is 1. The van der Waals surface area contributed by atoms with Crippen molar-refractivity contribution in [1.29, 1.82) is 0 Å². The number of hydrogen-bond acceptors (Lipinski definition) is 4. The van der Waals surface area contributed by atoms with E-state index >= 15 is 0 Å². The molecule has 1 saturated heterocycles. The molecule has 166 valence electrons. The molecule has 0 spiro atoms. The van der Waals surface area contributed by atoms with Crippen LogP contribution in [0.15, 0.2) is 47.9 Å². The largest absolute Gasteiger partial charge is 0.328 e. The van der Waals surface area contributed by atoms with Gasteiger partial charge in [-0.15, -0.1) is 11.8 Å². The number of nitrogens with zero attached hydrogens (tertiary/aromatic N) is 2. The molecule has 4 amide bonds. The summed E-state index contributed by atoms with van der Waals surface area (Å²) >= 11 is 7.07. The number of hydrogen-bond donors (Lipinski definition) is 1. The lowest BCUT2D eigenvalue weighted by molar-refractivity contribution is -0.132. The number of urea groups is 1. The molecule has 6 nitrogen and oxygen atoms in total. The second kappa shape index (κ2) is 8.96. The van der Waals surface area contributed by atoms with Crippen molar-refractivity contribution >= 4 is 46.9 Å². The predicted molar refractivity (Wildman–Crippen MR) is 123 cm³/mol. The maximum atomic E-state index is 14.1. The first-order chi connectivity index (χ1) is 15.2. The topological polar surface area (TPSA) is 69.7 Å². The molecule has 9 heteroatoms. The van der Waals surface area contributed by atoms with Gasteiger partial charge in [-0.2, -0.15) is 0 Å². The van der Waals surface area contributed by atoms with E-state index in [1.165, 1.54) is 33.7 Å². The van der Waals surface area contributed by atoms with Gasteiger partial charge in [0.15, 0.2) is 0 Å². The fourth-order valence-electron chi connectivity index (χ4n) is 3.73. The van der Waals surface area contributed by atoms with Crippen LogP contribution >= 0.6 is 23.4 Å². The molecule has 2 aromatic rings. The lowest BCUT2D eigenvalue weighted by Gasteiger charge is -2.41. The van der Waals surface area contributed by atoms with Crippen LogP contribution in [-0.4, -0.2) is 45.5 Å². The van der Waals surface area contributed by atoms with Gasteiger partial charge < -0.3 is 10.2 Å². The summed E-state index contributed by atoms with van der Waals surface area (Å²) in [4.78, 5) is 41.5. The standard InChI is InChI=1S/C23H21ClFN3O3S/c1-13-3-4-15(9-14(13)2)11-28-22(30)21-19(7-8-32-21)27(23(28)31)12-20(29)26-18-6-5-16(24)10-17(18)25/h3-10,19,21H,11-12H2,1-2H3,(H,26,29). The number of halogens is 2. The van der Waals surface area contributed by atoms with Crippen LogP contribution in [0.25, 0.3) is 0 Å². The fourth-order valence-corrected chi connectivity index (χ4v) is 4.95. The highest BCUT2D eigenvalue weighted by molar-refractivity contribution is 8.03. The normalized spacial score (nSPS) is 20.0. The predicted octanol–water partition coefficient (Wildman–Crippen LogP) is 4.50. The van der Waals surface area contributed by atoms with Crippen LogP contribution in [0.4, 0.5) is 14.9 Å². The Bertz CT molecular complexity index is 1140. The number of carbonyl (C=O) groups is 3. The molecule has 2 aliphatic rings. The van der Waals surface area contributed by atoms with Gasteiger partial charge >= 0.3 is 6.03 Å². The molecular formula is C23H21ClFN3O3S. The molecule has 2 aliphatic heterocycles. The first kappa shape index (κ1) is 22.4. The molecule has 2 heterocycles. The molecule has 2 aromatic carbocycles. The van der Waals surface area contributed by atoms with E-state index in [4.69, 9.17) is 11.6 Å². The Hall–Kier alpha value is -2.84. The molecule has 4 rings (SSSR count). The summed E-state index contributed by atoms with van der Waals surface area (Å²) in [6.45, 7) is 3.76. The number of anilines is 1. The minimum absolute atomic E-state index is 0.0280. The van der Waals surface area contributed by atoms with Crippen LogP contribution in [0.5, 0.6) is 0 Å². The highest BCUT2D eigenvalue weighted by atomic mass is 35.5. The minimum Gasteiger partial charge on any atom is -0.322 e. The summed E-state index contributed by atoms with van der Waals surface area (Å²) in [5, 5.41) is 3.94. The van der Waals surface area contributed by atoms with Gasteiger partial charge in [0, 0.05) is 5.02 Å². The summed E-state index contributed by atoms with van der Waals surface area (Å²) in [6.07, 6.45) is 1.74. The lowest BCUT2D eigenvalue weighted by atomic mass is 10.0. The van der Waals surface area contributed by atoms with Crippen LogP contribution in [0.1, 0.15) is 16.7 Å². The molecule has 1 N–H and O–H groups in total.